The zero-order chi connectivity index (χ0) is 15.7. The Balaban J connectivity index is 1.82. The van der Waals surface area contributed by atoms with Gasteiger partial charge >= 0.3 is 0 Å². The van der Waals surface area contributed by atoms with E-state index in [-0.39, 0.29) is 22.8 Å². The monoisotopic (exact) mass is 317 g/mol. The molecule has 1 saturated carbocycles. The molecule has 3 rings (SSSR count). The van der Waals surface area contributed by atoms with Gasteiger partial charge in [-0.2, -0.15) is 0 Å². The average Bonchev–Trinajstić information content (AvgIpc) is 3.30. The number of hydrogen-bond donors (Lipinski definition) is 2. The van der Waals surface area contributed by atoms with Crippen molar-refractivity contribution in [1.82, 2.24) is 5.32 Å². The summed E-state index contributed by atoms with van der Waals surface area (Å²) in [4.78, 5) is 12.4. The number of hydrogen-bond acceptors (Lipinski definition) is 3. The number of methoxy groups -OCH3 is 1. The number of halogens is 1. The molecule has 1 aliphatic rings. The molecule has 0 aromatic heterocycles. The number of nitrogens with one attached hydrogen (secondary N) is 1. The molecule has 114 valence electrons. The smallest absolute Gasteiger partial charge is 0.253 e. The summed E-state index contributed by atoms with van der Waals surface area (Å²) < 4.78 is 5.15. The van der Waals surface area contributed by atoms with Gasteiger partial charge in [0.25, 0.3) is 5.91 Å². The van der Waals surface area contributed by atoms with Gasteiger partial charge in [0.2, 0.25) is 0 Å². The lowest BCUT2D eigenvalue weighted by atomic mass is 10.0. The van der Waals surface area contributed by atoms with Gasteiger partial charge in [0, 0.05) is 0 Å². The second kappa shape index (κ2) is 5.54. The SMILES string of the molecule is COc1ccc(C2(NC(=O)c3cc(O)ccc3Cl)CC2)cc1. The van der Waals surface area contributed by atoms with E-state index in [1.54, 1.807) is 7.11 Å². The Bertz CT molecular complexity index is 708. The maximum Gasteiger partial charge on any atom is 0.253 e. The maximum atomic E-state index is 12.4. The van der Waals surface area contributed by atoms with Crippen LogP contribution in [-0.4, -0.2) is 18.1 Å². The van der Waals surface area contributed by atoms with E-state index in [0.717, 1.165) is 24.2 Å². The largest absolute Gasteiger partial charge is 0.508 e. The second-order valence-electron chi connectivity index (χ2n) is 5.43. The molecule has 22 heavy (non-hydrogen) atoms. The Morgan fingerprint density at radius 2 is 1.91 bits per heavy atom. The first-order valence-electron chi connectivity index (χ1n) is 7.00. The van der Waals surface area contributed by atoms with Crippen molar-refractivity contribution in [2.45, 2.75) is 18.4 Å². The molecule has 0 unspecified atom stereocenters. The first-order valence-corrected chi connectivity index (χ1v) is 7.37. The Kier molecular flexibility index (Phi) is 3.71. The number of phenols is 1. The molecule has 5 heteroatoms. The quantitative estimate of drug-likeness (QED) is 0.907. The molecule has 4 nitrogen and oxygen atoms in total. The molecule has 0 aliphatic heterocycles. The number of benzene rings is 2. The summed E-state index contributed by atoms with van der Waals surface area (Å²) >= 11 is 6.04. The van der Waals surface area contributed by atoms with Gasteiger partial charge in [0.1, 0.15) is 11.5 Å². The van der Waals surface area contributed by atoms with Crippen LogP contribution in [0.3, 0.4) is 0 Å². The van der Waals surface area contributed by atoms with Crippen molar-refractivity contribution < 1.29 is 14.6 Å². The molecule has 0 bridgehead atoms. The summed E-state index contributed by atoms with van der Waals surface area (Å²) in [6.07, 6.45) is 1.75. The number of phenolic OH excluding ortho intramolecular Hbond substituents is 1. The minimum atomic E-state index is -0.349. The molecule has 1 aliphatic carbocycles. The Morgan fingerprint density at radius 3 is 2.50 bits per heavy atom. The second-order valence-corrected chi connectivity index (χ2v) is 5.84. The van der Waals surface area contributed by atoms with Crippen LogP contribution in [0.1, 0.15) is 28.8 Å². The standard InChI is InChI=1S/C17H16ClNO3/c1-22-13-5-2-11(3-6-13)17(8-9-17)19-16(21)14-10-12(20)4-7-15(14)18/h2-7,10,20H,8-9H2,1H3,(H,19,21). The van der Waals surface area contributed by atoms with Gasteiger partial charge in [-0.25, -0.2) is 0 Å². The van der Waals surface area contributed by atoms with Gasteiger partial charge in [-0.3, -0.25) is 4.79 Å². The van der Waals surface area contributed by atoms with Crippen molar-refractivity contribution in [2.24, 2.45) is 0 Å². The van der Waals surface area contributed by atoms with Crippen LogP contribution in [0.15, 0.2) is 42.5 Å². The first-order chi connectivity index (χ1) is 10.5. The fourth-order valence-electron chi connectivity index (χ4n) is 2.49. The number of carbonyl (C=O) groups is 1. The highest BCUT2D eigenvalue weighted by molar-refractivity contribution is 6.33. The molecule has 0 heterocycles. The topological polar surface area (TPSA) is 58.6 Å². The lowest BCUT2D eigenvalue weighted by Gasteiger charge is -2.19. The molecule has 2 aromatic rings. The molecule has 1 fully saturated rings. The molecule has 2 N–H and O–H groups in total. The van der Waals surface area contributed by atoms with E-state index in [0.29, 0.717) is 5.02 Å². The number of carbonyl (C=O) groups excluding carboxylic acids is 1. The summed E-state index contributed by atoms with van der Waals surface area (Å²) in [5.41, 5.74) is 0.970. The summed E-state index contributed by atoms with van der Waals surface area (Å²) in [5, 5.41) is 12.9. The van der Waals surface area contributed by atoms with Crippen molar-refractivity contribution in [3.8, 4) is 11.5 Å². The Labute approximate surface area is 133 Å². The van der Waals surface area contributed by atoms with Crippen LogP contribution in [0.2, 0.25) is 5.02 Å². The fourth-order valence-corrected chi connectivity index (χ4v) is 2.70. The third-order valence-electron chi connectivity index (χ3n) is 3.94. The highest BCUT2D eigenvalue weighted by Gasteiger charge is 2.45. The zero-order valence-corrected chi connectivity index (χ0v) is 12.9. The molecular formula is C17H16ClNO3. The number of amides is 1. The number of ether oxygens (including phenoxy) is 1. The molecular weight excluding hydrogens is 302 g/mol. The van der Waals surface area contributed by atoms with Crippen LogP contribution in [0.25, 0.3) is 0 Å². The van der Waals surface area contributed by atoms with Gasteiger partial charge in [0.05, 0.1) is 23.2 Å². The highest BCUT2D eigenvalue weighted by atomic mass is 35.5. The van der Waals surface area contributed by atoms with Crippen LogP contribution < -0.4 is 10.1 Å². The Hall–Kier alpha value is -2.20. The van der Waals surface area contributed by atoms with Crippen molar-refractivity contribution >= 4 is 17.5 Å². The summed E-state index contributed by atoms with van der Waals surface area (Å²) in [6.45, 7) is 0. The van der Waals surface area contributed by atoms with Crippen molar-refractivity contribution in [3.63, 3.8) is 0 Å². The summed E-state index contributed by atoms with van der Waals surface area (Å²) in [6, 6.07) is 12.0. The molecule has 0 radical (unpaired) electrons. The average molecular weight is 318 g/mol. The molecule has 0 atom stereocenters. The molecule has 2 aromatic carbocycles. The minimum absolute atomic E-state index is 0.0174. The third-order valence-corrected chi connectivity index (χ3v) is 4.27. The van der Waals surface area contributed by atoms with Gasteiger partial charge in [-0.05, 0) is 48.7 Å². The van der Waals surface area contributed by atoms with E-state index < -0.39 is 0 Å². The lowest BCUT2D eigenvalue weighted by molar-refractivity contribution is 0.0930. The van der Waals surface area contributed by atoms with E-state index in [1.807, 2.05) is 24.3 Å². The number of aromatic hydroxyl groups is 1. The highest BCUT2D eigenvalue weighted by Crippen LogP contribution is 2.46. The normalized spacial score (nSPS) is 15.2. The van der Waals surface area contributed by atoms with Crippen LogP contribution in [-0.2, 0) is 5.54 Å². The summed E-state index contributed by atoms with van der Waals surface area (Å²) in [7, 11) is 1.62. The van der Waals surface area contributed by atoms with E-state index in [9.17, 15) is 9.90 Å². The molecule has 0 spiro atoms. The van der Waals surface area contributed by atoms with Crippen LogP contribution >= 0.6 is 11.6 Å². The van der Waals surface area contributed by atoms with Crippen molar-refractivity contribution in [2.75, 3.05) is 7.11 Å². The molecule has 1 amide bonds. The maximum absolute atomic E-state index is 12.4. The van der Waals surface area contributed by atoms with Gasteiger partial charge in [-0.15, -0.1) is 0 Å². The predicted octanol–water partition coefficient (Wildman–Crippen LogP) is 3.47. The molecule has 0 saturated heterocycles. The Morgan fingerprint density at radius 1 is 1.23 bits per heavy atom. The first kappa shape index (κ1) is 14.7. The van der Waals surface area contributed by atoms with Crippen LogP contribution in [0, 0.1) is 0 Å². The van der Waals surface area contributed by atoms with E-state index in [1.165, 1.54) is 18.2 Å². The zero-order valence-electron chi connectivity index (χ0n) is 12.1. The number of rotatable bonds is 4. The van der Waals surface area contributed by atoms with Gasteiger partial charge < -0.3 is 15.2 Å². The van der Waals surface area contributed by atoms with E-state index >= 15 is 0 Å². The van der Waals surface area contributed by atoms with Gasteiger partial charge in [0.15, 0.2) is 0 Å². The summed E-state index contributed by atoms with van der Waals surface area (Å²) in [5.74, 6) is 0.514. The van der Waals surface area contributed by atoms with Crippen molar-refractivity contribution in [3.05, 3.63) is 58.6 Å². The lowest BCUT2D eigenvalue weighted by Crippen LogP contribution is -2.35. The third kappa shape index (κ3) is 2.74. The van der Waals surface area contributed by atoms with Crippen molar-refractivity contribution in [1.29, 1.82) is 0 Å². The van der Waals surface area contributed by atoms with Crippen LogP contribution in [0.4, 0.5) is 0 Å². The predicted molar refractivity (Wildman–Crippen MR) is 84.5 cm³/mol. The fraction of sp³-hybridized carbons (Fsp3) is 0.235. The van der Waals surface area contributed by atoms with Gasteiger partial charge in [-0.1, -0.05) is 23.7 Å². The van der Waals surface area contributed by atoms with E-state index in [2.05, 4.69) is 5.32 Å². The van der Waals surface area contributed by atoms with Crippen LogP contribution in [0.5, 0.6) is 11.5 Å². The van der Waals surface area contributed by atoms with E-state index in [4.69, 9.17) is 16.3 Å². The minimum Gasteiger partial charge on any atom is -0.508 e.